The molecule has 2 aromatic heterocycles. The molecular formula is C28H30N4O4. The van der Waals surface area contributed by atoms with E-state index in [4.69, 9.17) is 9.47 Å². The van der Waals surface area contributed by atoms with Crippen molar-refractivity contribution in [2.45, 2.75) is 52.1 Å². The maximum Gasteiger partial charge on any atom is 0.347 e. The number of Topliss-reactive ketones (excluding diaryl/α,β-unsaturated/α-hetero) is 1. The summed E-state index contributed by atoms with van der Waals surface area (Å²) < 4.78 is 11.1. The van der Waals surface area contributed by atoms with Gasteiger partial charge in [-0.3, -0.25) is 4.79 Å². The highest BCUT2D eigenvalue weighted by atomic mass is 16.5. The van der Waals surface area contributed by atoms with Gasteiger partial charge in [-0.15, -0.1) is 0 Å². The Morgan fingerprint density at radius 1 is 1.28 bits per heavy atom. The lowest BCUT2D eigenvalue weighted by molar-refractivity contribution is -0.139. The predicted molar refractivity (Wildman–Crippen MR) is 138 cm³/mol. The fraction of sp³-hybridized carbons (Fsp3) is 0.321. The number of hydrogen-bond donors (Lipinski definition) is 3. The van der Waals surface area contributed by atoms with Gasteiger partial charge in [0.25, 0.3) is 0 Å². The Labute approximate surface area is 209 Å². The van der Waals surface area contributed by atoms with Gasteiger partial charge in [-0.05, 0) is 62.1 Å². The molecule has 36 heavy (non-hydrogen) atoms. The summed E-state index contributed by atoms with van der Waals surface area (Å²) >= 11 is 0. The number of nitrogens with one attached hydrogen (secondary N) is 3. The van der Waals surface area contributed by atoms with Gasteiger partial charge < -0.3 is 25.1 Å². The highest BCUT2D eigenvalue weighted by Gasteiger charge is 2.37. The van der Waals surface area contributed by atoms with Crippen LogP contribution < -0.4 is 10.6 Å². The van der Waals surface area contributed by atoms with Crippen LogP contribution in [0.15, 0.2) is 59.9 Å². The van der Waals surface area contributed by atoms with Gasteiger partial charge in [0.05, 0.1) is 6.61 Å². The Balaban J connectivity index is 1.38. The number of aromatic amines is 1. The van der Waals surface area contributed by atoms with Gasteiger partial charge in [0.2, 0.25) is 11.7 Å². The van der Waals surface area contributed by atoms with Gasteiger partial charge in [0.1, 0.15) is 5.65 Å². The first-order valence-corrected chi connectivity index (χ1v) is 12.4. The molecule has 0 bridgehead atoms. The van der Waals surface area contributed by atoms with Gasteiger partial charge in [-0.1, -0.05) is 25.0 Å². The summed E-state index contributed by atoms with van der Waals surface area (Å²) in [7, 11) is 0. The first-order chi connectivity index (χ1) is 17.5. The molecule has 8 nitrogen and oxygen atoms in total. The Morgan fingerprint density at radius 3 is 2.89 bits per heavy atom. The number of fused-ring (bicyclic) bond motifs is 1. The molecule has 1 aromatic carbocycles. The van der Waals surface area contributed by atoms with Crippen molar-refractivity contribution in [3.8, 4) is 0 Å². The van der Waals surface area contributed by atoms with E-state index in [0.29, 0.717) is 11.7 Å². The van der Waals surface area contributed by atoms with E-state index in [2.05, 4.69) is 26.7 Å². The van der Waals surface area contributed by atoms with Crippen LogP contribution in [0.4, 0.5) is 5.69 Å². The van der Waals surface area contributed by atoms with E-state index in [1.165, 1.54) is 31.2 Å². The van der Waals surface area contributed by atoms with Crippen molar-refractivity contribution >= 4 is 34.5 Å². The van der Waals surface area contributed by atoms with E-state index in [9.17, 15) is 9.59 Å². The second-order valence-corrected chi connectivity index (χ2v) is 9.14. The third kappa shape index (κ3) is 4.90. The molecule has 0 atom stereocenters. The monoisotopic (exact) mass is 486 g/mol. The third-order valence-corrected chi connectivity index (χ3v) is 6.63. The molecule has 0 amide bonds. The average molecular weight is 487 g/mol. The van der Waals surface area contributed by atoms with Crippen molar-refractivity contribution in [1.82, 2.24) is 15.3 Å². The van der Waals surface area contributed by atoms with Crippen LogP contribution in [-0.4, -0.2) is 34.4 Å². The second kappa shape index (κ2) is 10.4. The normalized spacial score (nSPS) is 17.3. The van der Waals surface area contributed by atoms with E-state index < -0.39 is 11.8 Å². The number of allylic oxidation sites excluding steroid dienone is 1. The summed E-state index contributed by atoms with van der Waals surface area (Å²) in [6, 6.07) is 10.4. The van der Waals surface area contributed by atoms with Gasteiger partial charge >= 0.3 is 5.97 Å². The number of pyridine rings is 1. The zero-order valence-electron chi connectivity index (χ0n) is 20.5. The zero-order chi connectivity index (χ0) is 25.1. The average Bonchev–Trinajstić information content (AvgIpc) is 3.60. The number of carbonyl (C=O) groups is 2. The number of anilines is 1. The molecular weight excluding hydrogens is 456 g/mol. The molecule has 3 heterocycles. The molecule has 2 aliphatic rings. The van der Waals surface area contributed by atoms with Gasteiger partial charge in [0.15, 0.2) is 11.3 Å². The molecule has 3 N–H and O–H groups in total. The number of ketones is 1. The van der Waals surface area contributed by atoms with Crippen molar-refractivity contribution in [3.63, 3.8) is 0 Å². The van der Waals surface area contributed by atoms with Crippen molar-refractivity contribution in [3.05, 3.63) is 76.6 Å². The molecule has 186 valence electrons. The summed E-state index contributed by atoms with van der Waals surface area (Å²) in [5, 5.41) is 7.62. The van der Waals surface area contributed by atoms with Crippen LogP contribution in [0, 0.1) is 6.92 Å². The number of rotatable bonds is 8. The Kier molecular flexibility index (Phi) is 6.86. The first kappa shape index (κ1) is 23.8. The first-order valence-electron chi connectivity index (χ1n) is 12.4. The minimum Gasteiger partial charge on any atom is -0.462 e. The van der Waals surface area contributed by atoms with Crippen LogP contribution in [0.3, 0.4) is 0 Å². The van der Waals surface area contributed by atoms with Crippen LogP contribution >= 0.6 is 0 Å². The number of H-pyrrole nitrogens is 1. The summed E-state index contributed by atoms with van der Waals surface area (Å²) in [6.07, 6.45) is 10.1. The van der Waals surface area contributed by atoms with Crippen LogP contribution in [0.2, 0.25) is 0 Å². The summed E-state index contributed by atoms with van der Waals surface area (Å²) in [5.41, 5.74) is 4.20. The number of benzene rings is 1. The highest BCUT2D eigenvalue weighted by molar-refractivity contribution is 6.26. The minimum absolute atomic E-state index is 0.0420. The van der Waals surface area contributed by atoms with Crippen molar-refractivity contribution in [1.29, 1.82) is 0 Å². The molecule has 0 saturated heterocycles. The predicted octanol–water partition coefficient (Wildman–Crippen LogP) is 4.73. The molecule has 0 unspecified atom stereocenters. The number of hydrogen-bond acceptors (Lipinski definition) is 7. The van der Waals surface area contributed by atoms with Crippen LogP contribution in [-0.2, 0) is 25.6 Å². The van der Waals surface area contributed by atoms with Crippen molar-refractivity contribution in [2.24, 2.45) is 0 Å². The number of carbonyl (C=O) groups excluding carboxylic acids is 2. The fourth-order valence-electron chi connectivity index (χ4n) is 4.73. The number of aromatic nitrogens is 2. The Bertz CT molecular complexity index is 1360. The van der Waals surface area contributed by atoms with Crippen molar-refractivity contribution in [2.75, 3.05) is 11.9 Å². The molecule has 1 aliphatic carbocycles. The standard InChI is InChI=1S/C28H30N4O4/c1-3-35-28(34)24-25(33)23(14-19-16-31-26-21(19)9-6-12-29-26)36-27(24)32-22-11-10-18(13-17(22)2)15-30-20-7-4-5-8-20/h6,9-14,16,20,30,32H,3-5,7-8,15H2,1-2H3,(H,29,31)/b23-14-. The number of aryl methyl sites for hydroxylation is 1. The van der Waals surface area contributed by atoms with E-state index >= 15 is 0 Å². The van der Waals surface area contributed by atoms with Crippen molar-refractivity contribution < 1.29 is 19.1 Å². The lowest BCUT2D eigenvalue weighted by atomic mass is 10.1. The second-order valence-electron chi connectivity index (χ2n) is 9.14. The maximum absolute atomic E-state index is 13.2. The molecule has 1 fully saturated rings. The van der Waals surface area contributed by atoms with E-state index in [-0.39, 0.29) is 23.8 Å². The quantitative estimate of drug-likeness (QED) is 0.240. The Morgan fingerprint density at radius 2 is 2.11 bits per heavy atom. The number of esters is 1. The van der Waals surface area contributed by atoms with Crippen LogP contribution in [0.25, 0.3) is 17.1 Å². The smallest absolute Gasteiger partial charge is 0.347 e. The lowest BCUT2D eigenvalue weighted by Crippen LogP contribution is -2.25. The highest BCUT2D eigenvalue weighted by Crippen LogP contribution is 2.31. The van der Waals surface area contributed by atoms with Crippen LogP contribution in [0.5, 0.6) is 0 Å². The largest absolute Gasteiger partial charge is 0.462 e. The van der Waals surface area contributed by atoms with Gasteiger partial charge in [-0.25, -0.2) is 9.78 Å². The molecule has 3 aromatic rings. The molecule has 1 aliphatic heterocycles. The third-order valence-electron chi connectivity index (χ3n) is 6.63. The van der Waals surface area contributed by atoms with Gasteiger partial charge in [0, 0.05) is 41.6 Å². The molecule has 0 spiro atoms. The van der Waals surface area contributed by atoms with E-state index in [1.807, 2.05) is 31.2 Å². The minimum atomic E-state index is -0.718. The van der Waals surface area contributed by atoms with E-state index in [0.717, 1.165) is 28.7 Å². The topological polar surface area (TPSA) is 105 Å². The molecule has 5 rings (SSSR count). The molecule has 8 heteroatoms. The summed E-state index contributed by atoms with van der Waals surface area (Å²) in [4.78, 5) is 33.3. The maximum atomic E-state index is 13.2. The lowest BCUT2D eigenvalue weighted by Gasteiger charge is -2.15. The van der Waals surface area contributed by atoms with Crippen LogP contribution in [0.1, 0.15) is 49.3 Å². The van der Waals surface area contributed by atoms with Gasteiger partial charge in [-0.2, -0.15) is 0 Å². The SMILES string of the molecule is CCOC(=O)C1=C(Nc2ccc(CNC3CCCC3)cc2C)O/C(=C\c2c[nH]c3ncccc23)C1=O. The molecule has 1 saturated carbocycles. The molecule has 0 radical (unpaired) electrons. The van der Waals surface area contributed by atoms with E-state index in [1.54, 1.807) is 25.4 Å². The zero-order valence-corrected chi connectivity index (χ0v) is 20.5. The summed E-state index contributed by atoms with van der Waals surface area (Å²) in [6.45, 7) is 4.64. The summed E-state index contributed by atoms with van der Waals surface area (Å²) in [5.74, 6) is -1.13. The Hall–Kier alpha value is -3.91. The fourth-order valence-corrected chi connectivity index (χ4v) is 4.73. The number of nitrogens with zero attached hydrogens (tertiary/aromatic N) is 1. The number of ether oxygens (including phenoxy) is 2.